The van der Waals surface area contributed by atoms with E-state index in [-0.39, 0.29) is 0 Å². The molecule has 0 saturated heterocycles. The van der Waals surface area contributed by atoms with E-state index in [2.05, 4.69) is 51.7 Å². The lowest BCUT2D eigenvalue weighted by Crippen LogP contribution is -2.13. The van der Waals surface area contributed by atoms with E-state index in [1.54, 1.807) is 0 Å². The lowest BCUT2D eigenvalue weighted by molar-refractivity contribution is 0.440. The summed E-state index contributed by atoms with van der Waals surface area (Å²) in [7, 11) is 11.0. The van der Waals surface area contributed by atoms with Crippen LogP contribution in [0.3, 0.4) is 0 Å². The first kappa shape index (κ1) is 23.6. The molecule has 3 aromatic rings. The maximum Gasteiger partial charge on any atom is 0.0642 e. The number of thiophene rings is 3. The zero-order valence-corrected chi connectivity index (χ0v) is 21.9. The van der Waals surface area contributed by atoms with Crippen LogP contribution in [0, 0.1) is 0 Å². The Bertz CT molecular complexity index is 927. The standard InChI is InChI=1S/C21H27N6PS3/c1-25(2)22-13-16-7-10-19(29-16)28(20-11-8-17(30-20)14-23-26(3)4)21-12-9-18(31-21)15-24-27(5)6/h7-15H,1-6H3/b22-13-,23-14-,24-15-. The van der Waals surface area contributed by atoms with Crippen LogP contribution in [0.4, 0.5) is 0 Å². The van der Waals surface area contributed by atoms with E-state index in [1.807, 2.05) is 110 Å². The summed E-state index contributed by atoms with van der Waals surface area (Å²) in [5, 5.41) is 18.6. The normalized spacial score (nSPS) is 12.1. The van der Waals surface area contributed by atoms with Gasteiger partial charge in [-0.25, -0.2) is 0 Å². The molecule has 0 atom stereocenters. The first-order valence-corrected chi connectivity index (χ1v) is 13.3. The summed E-state index contributed by atoms with van der Waals surface area (Å²) in [5.41, 5.74) is 0. The third-order valence-corrected chi connectivity index (χ3v) is 10.4. The third-order valence-electron chi connectivity index (χ3n) is 3.75. The predicted octanol–water partition coefficient (Wildman–Crippen LogP) is 3.32. The van der Waals surface area contributed by atoms with E-state index >= 15 is 0 Å². The van der Waals surface area contributed by atoms with Crippen molar-refractivity contribution in [1.29, 1.82) is 0 Å². The van der Waals surface area contributed by atoms with Crippen molar-refractivity contribution in [1.82, 2.24) is 15.0 Å². The Labute approximate surface area is 197 Å². The minimum atomic E-state index is -0.632. The molecule has 3 rings (SSSR count). The highest BCUT2D eigenvalue weighted by Crippen LogP contribution is 2.39. The molecule has 0 N–H and O–H groups in total. The summed E-state index contributed by atoms with van der Waals surface area (Å²) in [4.78, 5) is 3.48. The summed E-state index contributed by atoms with van der Waals surface area (Å²) in [5.74, 6) is 0. The van der Waals surface area contributed by atoms with Crippen molar-refractivity contribution in [2.75, 3.05) is 42.3 Å². The van der Waals surface area contributed by atoms with Gasteiger partial charge in [0.05, 0.1) is 18.6 Å². The van der Waals surface area contributed by atoms with Gasteiger partial charge in [0.1, 0.15) is 0 Å². The van der Waals surface area contributed by atoms with Gasteiger partial charge in [0.15, 0.2) is 0 Å². The average molecular weight is 491 g/mol. The molecule has 3 heterocycles. The maximum atomic E-state index is 4.39. The Morgan fingerprint density at radius 2 is 0.839 bits per heavy atom. The topological polar surface area (TPSA) is 46.8 Å². The highest BCUT2D eigenvalue weighted by atomic mass is 32.1. The fourth-order valence-electron chi connectivity index (χ4n) is 2.44. The molecule has 0 spiro atoms. The minimum absolute atomic E-state index is 0.632. The molecule has 0 aromatic carbocycles. The van der Waals surface area contributed by atoms with Crippen LogP contribution in [0.5, 0.6) is 0 Å². The van der Waals surface area contributed by atoms with Gasteiger partial charge in [-0.05, 0) is 36.4 Å². The smallest absolute Gasteiger partial charge is 0.0642 e. The lowest BCUT2D eigenvalue weighted by atomic mass is 10.5. The Hall–Kier alpha value is -2.06. The number of rotatable bonds is 9. The van der Waals surface area contributed by atoms with Gasteiger partial charge < -0.3 is 15.0 Å². The van der Waals surface area contributed by atoms with Gasteiger partial charge in [0.25, 0.3) is 0 Å². The zero-order valence-electron chi connectivity index (χ0n) is 18.6. The highest BCUT2D eigenvalue weighted by Gasteiger charge is 2.22. The van der Waals surface area contributed by atoms with Gasteiger partial charge in [0.2, 0.25) is 0 Å². The zero-order chi connectivity index (χ0) is 22.4. The van der Waals surface area contributed by atoms with Crippen LogP contribution in [-0.2, 0) is 0 Å². The molecule has 164 valence electrons. The molecule has 0 aliphatic rings. The molecule has 0 fully saturated rings. The first-order chi connectivity index (χ1) is 14.8. The van der Waals surface area contributed by atoms with Crippen molar-refractivity contribution < 1.29 is 0 Å². The largest absolute Gasteiger partial charge is 0.303 e. The van der Waals surface area contributed by atoms with Crippen LogP contribution in [0.1, 0.15) is 14.6 Å². The second-order valence-corrected chi connectivity index (χ2v) is 13.5. The molecular formula is C21H27N6PS3. The van der Waals surface area contributed by atoms with E-state index in [9.17, 15) is 0 Å². The number of hydrogen-bond donors (Lipinski definition) is 0. The fourth-order valence-corrected chi connectivity index (χ4v) is 9.94. The first-order valence-electron chi connectivity index (χ1n) is 9.55. The van der Waals surface area contributed by atoms with Gasteiger partial charge in [0, 0.05) is 78.7 Å². The number of hydrogen-bond acceptors (Lipinski definition) is 9. The van der Waals surface area contributed by atoms with E-state index < -0.39 is 7.92 Å². The van der Waals surface area contributed by atoms with Gasteiger partial charge in [-0.2, -0.15) is 15.3 Å². The van der Waals surface area contributed by atoms with E-state index in [0.717, 1.165) is 14.6 Å². The molecule has 0 bridgehead atoms. The van der Waals surface area contributed by atoms with Crippen LogP contribution in [-0.4, -0.2) is 76.0 Å². The van der Waals surface area contributed by atoms with Gasteiger partial charge in [-0.3, -0.25) is 0 Å². The minimum Gasteiger partial charge on any atom is -0.303 e. The monoisotopic (exact) mass is 490 g/mol. The van der Waals surface area contributed by atoms with Crippen LogP contribution < -0.4 is 13.9 Å². The Kier molecular flexibility index (Phi) is 8.37. The summed E-state index contributed by atoms with van der Waals surface area (Å²) >= 11 is 5.43. The second-order valence-electron chi connectivity index (χ2n) is 7.14. The van der Waals surface area contributed by atoms with Crippen molar-refractivity contribution in [3.63, 3.8) is 0 Å². The fraction of sp³-hybridized carbons (Fsp3) is 0.286. The Morgan fingerprint density at radius 3 is 1.10 bits per heavy atom. The molecule has 0 aliphatic carbocycles. The lowest BCUT2D eigenvalue weighted by Gasteiger charge is -2.12. The molecular weight excluding hydrogens is 463 g/mol. The van der Waals surface area contributed by atoms with Gasteiger partial charge >= 0.3 is 0 Å². The molecule has 3 aromatic heterocycles. The van der Waals surface area contributed by atoms with Crippen molar-refractivity contribution in [2.24, 2.45) is 15.3 Å². The second kappa shape index (κ2) is 11.0. The number of hydrazone groups is 3. The average Bonchev–Trinajstić information content (AvgIpc) is 3.45. The third kappa shape index (κ3) is 6.97. The molecule has 0 aliphatic heterocycles. The van der Waals surface area contributed by atoms with Gasteiger partial charge in [-0.1, -0.05) is 0 Å². The van der Waals surface area contributed by atoms with Crippen LogP contribution in [0.2, 0.25) is 0 Å². The van der Waals surface area contributed by atoms with Crippen molar-refractivity contribution in [3.8, 4) is 0 Å². The molecule has 10 heteroatoms. The number of nitrogens with zero attached hydrogens (tertiary/aromatic N) is 6. The molecule has 6 nitrogen and oxygen atoms in total. The maximum absolute atomic E-state index is 4.39. The van der Waals surface area contributed by atoms with E-state index in [4.69, 9.17) is 0 Å². The summed E-state index contributed by atoms with van der Waals surface area (Å²) < 4.78 is 4.10. The Balaban J connectivity index is 1.97. The van der Waals surface area contributed by atoms with E-state index in [0.29, 0.717) is 0 Å². The van der Waals surface area contributed by atoms with Crippen LogP contribution in [0.25, 0.3) is 0 Å². The molecule has 0 radical (unpaired) electrons. The van der Waals surface area contributed by atoms with Crippen LogP contribution in [0.15, 0.2) is 51.7 Å². The molecule has 0 amide bonds. The van der Waals surface area contributed by atoms with Gasteiger partial charge in [-0.15, -0.1) is 34.0 Å². The van der Waals surface area contributed by atoms with Crippen LogP contribution >= 0.6 is 41.9 Å². The van der Waals surface area contributed by atoms with Crippen molar-refractivity contribution >= 4 is 74.4 Å². The summed E-state index contributed by atoms with van der Waals surface area (Å²) in [6, 6.07) is 13.2. The SMILES string of the molecule is CN(C)/N=C\c1ccc(P(c2ccc(/C=N\N(C)C)s2)c2ccc(/C=N\N(C)C)s2)s1. The highest BCUT2D eigenvalue weighted by molar-refractivity contribution is 7.91. The molecule has 31 heavy (non-hydrogen) atoms. The Morgan fingerprint density at radius 1 is 0.548 bits per heavy atom. The molecule has 0 saturated carbocycles. The summed E-state index contributed by atoms with van der Waals surface area (Å²) in [6.07, 6.45) is 5.78. The predicted molar refractivity (Wildman–Crippen MR) is 143 cm³/mol. The van der Waals surface area contributed by atoms with E-state index in [1.165, 1.54) is 13.9 Å². The summed E-state index contributed by atoms with van der Waals surface area (Å²) in [6.45, 7) is 0. The molecule has 0 unspecified atom stereocenters. The van der Waals surface area contributed by atoms with Crippen molar-refractivity contribution in [2.45, 2.75) is 0 Å². The quantitative estimate of drug-likeness (QED) is 0.263. The van der Waals surface area contributed by atoms with Crippen molar-refractivity contribution in [3.05, 3.63) is 51.0 Å².